The first-order valence-corrected chi connectivity index (χ1v) is 5.32. The fraction of sp³-hybridized carbons (Fsp3) is 0.400. The van der Waals surface area contributed by atoms with Crippen molar-refractivity contribution in [2.45, 2.75) is 20.3 Å². The van der Waals surface area contributed by atoms with Gasteiger partial charge in [0, 0.05) is 6.54 Å². The van der Waals surface area contributed by atoms with Crippen LogP contribution in [0.5, 0.6) is 0 Å². The zero-order valence-electron chi connectivity index (χ0n) is 8.42. The van der Waals surface area contributed by atoms with Crippen molar-refractivity contribution in [3.05, 3.63) is 28.6 Å². The fourth-order valence-corrected chi connectivity index (χ4v) is 1.17. The summed E-state index contributed by atoms with van der Waals surface area (Å²) in [7, 11) is 0. The summed E-state index contributed by atoms with van der Waals surface area (Å²) in [6.07, 6.45) is 6.61. The molecule has 0 aliphatic rings. The molecule has 0 atom stereocenters. The zero-order valence-corrected chi connectivity index (χ0v) is 10.0. The van der Waals surface area contributed by atoms with E-state index < -0.39 is 0 Å². The molecule has 1 N–H and O–H groups in total. The van der Waals surface area contributed by atoms with Crippen molar-refractivity contribution in [2.24, 2.45) is 0 Å². The fourth-order valence-electron chi connectivity index (χ4n) is 0.965. The maximum Gasteiger partial charge on any atom is 0.144 e. The third-order valence-corrected chi connectivity index (χ3v) is 2.03. The largest absolute Gasteiger partial charge is 0.368 e. The van der Waals surface area contributed by atoms with Gasteiger partial charge >= 0.3 is 0 Å². The van der Waals surface area contributed by atoms with Gasteiger partial charge in [-0.15, -0.1) is 0 Å². The van der Waals surface area contributed by atoms with Gasteiger partial charge in [-0.3, -0.25) is 0 Å². The monoisotopic (exact) mass is 255 g/mol. The standard InChI is InChI=1S/C10H14BrN3/c1-8(2)4-3-5-12-10-7-13-9(11)6-14-10/h4,6-7H,3,5H2,1-2H3,(H,12,14). The Hall–Kier alpha value is -0.900. The van der Waals surface area contributed by atoms with Crippen molar-refractivity contribution >= 4 is 21.7 Å². The predicted octanol–water partition coefficient (Wildman–Crippen LogP) is 3.01. The molecule has 0 amide bonds. The summed E-state index contributed by atoms with van der Waals surface area (Å²) in [5.41, 5.74) is 1.34. The number of hydrogen-bond donors (Lipinski definition) is 1. The highest BCUT2D eigenvalue weighted by molar-refractivity contribution is 9.10. The molecule has 0 saturated carbocycles. The van der Waals surface area contributed by atoms with Gasteiger partial charge in [0.05, 0.1) is 12.4 Å². The van der Waals surface area contributed by atoms with E-state index in [2.05, 4.69) is 51.1 Å². The minimum Gasteiger partial charge on any atom is -0.368 e. The number of rotatable bonds is 4. The molecule has 0 aromatic carbocycles. The molecule has 0 aliphatic heterocycles. The third-order valence-electron chi connectivity index (χ3n) is 1.62. The van der Waals surface area contributed by atoms with Gasteiger partial charge in [-0.2, -0.15) is 0 Å². The molecule has 3 nitrogen and oxygen atoms in total. The molecule has 0 fully saturated rings. The molecule has 76 valence electrons. The number of nitrogens with zero attached hydrogens (tertiary/aromatic N) is 2. The van der Waals surface area contributed by atoms with E-state index in [1.165, 1.54) is 5.57 Å². The van der Waals surface area contributed by atoms with Gasteiger partial charge < -0.3 is 5.32 Å². The van der Waals surface area contributed by atoms with Crippen LogP contribution in [0.25, 0.3) is 0 Å². The minimum atomic E-state index is 0.757. The van der Waals surface area contributed by atoms with Gasteiger partial charge in [-0.1, -0.05) is 11.6 Å². The highest BCUT2D eigenvalue weighted by Crippen LogP contribution is 2.06. The molecule has 1 aromatic rings. The average Bonchev–Trinajstić information content (AvgIpc) is 2.15. The second-order valence-corrected chi connectivity index (χ2v) is 4.03. The van der Waals surface area contributed by atoms with Crippen LogP contribution >= 0.6 is 15.9 Å². The van der Waals surface area contributed by atoms with Crippen molar-refractivity contribution in [3.8, 4) is 0 Å². The number of anilines is 1. The van der Waals surface area contributed by atoms with Gasteiger partial charge in [0.2, 0.25) is 0 Å². The molecule has 0 unspecified atom stereocenters. The summed E-state index contributed by atoms with van der Waals surface area (Å²) in [5, 5.41) is 3.19. The van der Waals surface area contributed by atoms with Crippen LogP contribution in [-0.4, -0.2) is 16.5 Å². The van der Waals surface area contributed by atoms with Crippen LogP contribution in [0.15, 0.2) is 28.6 Å². The highest BCUT2D eigenvalue weighted by atomic mass is 79.9. The molecule has 0 saturated heterocycles. The Balaban J connectivity index is 2.32. The van der Waals surface area contributed by atoms with Crippen LogP contribution in [0.1, 0.15) is 20.3 Å². The molecule has 0 radical (unpaired) electrons. The lowest BCUT2D eigenvalue weighted by atomic mass is 10.3. The van der Waals surface area contributed by atoms with E-state index in [4.69, 9.17) is 0 Å². The first-order chi connectivity index (χ1) is 6.68. The summed E-state index contributed by atoms with van der Waals surface area (Å²) in [6, 6.07) is 0. The van der Waals surface area contributed by atoms with Gasteiger partial charge in [0.1, 0.15) is 10.4 Å². The van der Waals surface area contributed by atoms with Gasteiger partial charge in [-0.05, 0) is 36.2 Å². The molecule has 4 heteroatoms. The predicted molar refractivity (Wildman–Crippen MR) is 62.3 cm³/mol. The SMILES string of the molecule is CC(C)=CCCNc1cnc(Br)cn1. The Kier molecular flexibility index (Phi) is 4.59. The number of hydrogen-bond acceptors (Lipinski definition) is 3. The number of halogens is 1. The highest BCUT2D eigenvalue weighted by Gasteiger charge is 1.92. The lowest BCUT2D eigenvalue weighted by Crippen LogP contribution is -2.02. The quantitative estimate of drug-likeness (QED) is 0.664. The lowest BCUT2D eigenvalue weighted by molar-refractivity contribution is 1.02. The third kappa shape index (κ3) is 4.37. The Bertz CT molecular complexity index is 302. The zero-order chi connectivity index (χ0) is 10.4. The van der Waals surface area contributed by atoms with Crippen molar-refractivity contribution < 1.29 is 0 Å². The number of allylic oxidation sites excluding steroid dienone is 1. The topological polar surface area (TPSA) is 37.8 Å². The first kappa shape index (κ1) is 11.2. The summed E-state index contributed by atoms with van der Waals surface area (Å²) in [6.45, 7) is 5.08. The molecule has 0 bridgehead atoms. The molecular formula is C10H14BrN3. The van der Waals surface area contributed by atoms with E-state index >= 15 is 0 Å². The summed E-state index contributed by atoms with van der Waals surface area (Å²) < 4.78 is 0.757. The first-order valence-electron chi connectivity index (χ1n) is 4.53. The second-order valence-electron chi connectivity index (χ2n) is 3.22. The van der Waals surface area contributed by atoms with E-state index in [1.807, 2.05) is 0 Å². The van der Waals surface area contributed by atoms with Crippen molar-refractivity contribution in [1.29, 1.82) is 0 Å². The lowest BCUT2D eigenvalue weighted by Gasteiger charge is -2.02. The van der Waals surface area contributed by atoms with Crippen molar-refractivity contribution in [1.82, 2.24) is 9.97 Å². The van der Waals surface area contributed by atoms with E-state index in [0.717, 1.165) is 23.4 Å². The van der Waals surface area contributed by atoms with Gasteiger partial charge in [0.15, 0.2) is 0 Å². The minimum absolute atomic E-state index is 0.757. The molecule has 1 heterocycles. The molecule has 1 aromatic heterocycles. The smallest absolute Gasteiger partial charge is 0.144 e. The Morgan fingerprint density at radius 1 is 1.43 bits per heavy atom. The molecule has 0 spiro atoms. The van der Waals surface area contributed by atoms with Crippen LogP contribution in [0.3, 0.4) is 0 Å². The van der Waals surface area contributed by atoms with Gasteiger partial charge in [-0.25, -0.2) is 9.97 Å². The van der Waals surface area contributed by atoms with Crippen LogP contribution in [0.2, 0.25) is 0 Å². The molecular weight excluding hydrogens is 242 g/mol. The maximum absolute atomic E-state index is 4.15. The van der Waals surface area contributed by atoms with Crippen LogP contribution in [0.4, 0.5) is 5.82 Å². The van der Waals surface area contributed by atoms with Crippen LogP contribution in [-0.2, 0) is 0 Å². The average molecular weight is 256 g/mol. The molecule has 14 heavy (non-hydrogen) atoms. The van der Waals surface area contributed by atoms with E-state index in [0.29, 0.717) is 0 Å². The Morgan fingerprint density at radius 2 is 2.21 bits per heavy atom. The van der Waals surface area contributed by atoms with E-state index in [9.17, 15) is 0 Å². The molecule has 0 aliphatic carbocycles. The van der Waals surface area contributed by atoms with Crippen molar-refractivity contribution in [3.63, 3.8) is 0 Å². The number of aromatic nitrogens is 2. The summed E-state index contributed by atoms with van der Waals surface area (Å²) in [4.78, 5) is 8.22. The summed E-state index contributed by atoms with van der Waals surface area (Å²) in [5.74, 6) is 0.815. The Labute approximate surface area is 92.8 Å². The normalized spacial score (nSPS) is 9.64. The molecule has 1 rings (SSSR count). The van der Waals surface area contributed by atoms with Crippen LogP contribution in [0, 0.1) is 0 Å². The van der Waals surface area contributed by atoms with E-state index in [1.54, 1.807) is 12.4 Å². The Morgan fingerprint density at radius 3 is 2.79 bits per heavy atom. The van der Waals surface area contributed by atoms with E-state index in [-0.39, 0.29) is 0 Å². The second kappa shape index (κ2) is 5.75. The van der Waals surface area contributed by atoms with Crippen LogP contribution < -0.4 is 5.32 Å². The summed E-state index contributed by atoms with van der Waals surface area (Å²) >= 11 is 3.24. The number of nitrogens with one attached hydrogen (secondary N) is 1. The van der Waals surface area contributed by atoms with Gasteiger partial charge in [0.25, 0.3) is 0 Å². The van der Waals surface area contributed by atoms with Crippen molar-refractivity contribution in [2.75, 3.05) is 11.9 Å². The maximum atomic E-state index is 4.15.